The van der Waals surface area contributed by atoms with E-state index in [2.05, 4.69) is 211 Å². The number of thiophene rings is 1. The smallest absolute Gasteiger partial charge is 0.159 e. The van der Waals surface area contributed by atoms with Crippen molar-refractivity contribution in [2.45, 2.75) is 0 Å². The molecule has 0 N–H and O–H groups in total. The first kappa shape index (κ1) is 33.2. The lowest BCUT2D eigenvalue weighted by Gasteiger charge is -2.27. The third-order valence-electron chi connectivity index (χ3n) is 11.1. The summed E-state index contributed by atoms with van der Waals surface area (Å²) >= 11 is 1.86. The lowest BCUT2D eigenvalue weighted by atomic mass is 9.91. The maximum Gasteiger partial charge on any atom is 0.159 e. The van der Waals surface area contributed by atoms with Gasteiger partial charge in [0.05, 0.1) is 5.69 Å². The number of furan rings is 1. The van der Waals surface area contributed by atoms with Gasteiger partial charge in [0.15, 0.2) is 5.58 Å². The molecule has 0 saturated carbocycles. The summed E-state index contributed by atoms with van der Waals surface area (Å²) in [6, 6.07) is 76.3. The number of hydrogen-bond donors (Lipinski definition) is 0. The highest BCUT2D eigenvalue weighted by molar-refractivity contribution is 7.25. The fourth-order valence-electron chi connectivity index (χ4n) is 8.49. The van der Waals surface area contributed by atoms with Crippen molar-refractivity contribution in [3.63, 3.8) is 0 Å². The number of hydrogen-bond acceptors (Lipinski definition) is 3. The van der Waals surface area contributed by atoms with Crippen LogP contribution in [-0.4, -0.2) is 0 Å². The summed E-state index contributed by atoms with van der Waals surface area (Å²) in [6.45, 7) is 0. The van der Waals surface area contributed by atoms with Gasteiger partial charge in [-0.2, -0.15) is 0 Å². The summed E-state index contributed by atoms with van der Waals surface area (Å²) in [4.78, 5) is 2.36. The van der Waals surface area contributed by atoms with Crippen molar-refractivity contribution in [3.8, 4) is 44.5 Å². The highest BCUT2D eigenvalue weighted by Gasteiger charge is 2.22. The Morgan fingerprint density at radius 1 is 0.351 bits per heavy atom. The lowest BCUT2D eigenvalue weighted by Crippen LogP contribution is -2.10. The molecule has 0 atom stereocenters. The van der Waals surface area contributed by atoms with Crippen LogP contribution in [0.3, 0.4) is 0 Å². The molecule has 0 fully saturated rings. The number of nitrogens with zero attached hydrogens (tertiary/aromatic N) is 1. The van der Waals surface area contributed by atoms with E-state index in [1.807, 2.05) is 17.4 Å². The Morgan fingerprint density at radius 3 is 1.65 bits per heavy atom. The maximum absolute atomic E-state index is 6.73. The van der Waals surface area contributed by atoms with Crippen LogP contribution in [0.4, 0.5) is 17.1 Å². The molecule has 2 heterocycles. The molecule has 2 aromatic heterocycles. The van der Waals surface area contributed by atoms with Crippen molar-refractivity contribution in [1.29, 1.82) is 0 Å². The Balaban J connectivity index is 1.15. The van der Waals surface area contributed by atoms with E-state index in [1.165, 1.54) is 59.1 Å². The van der Waals surface area contributed by atoms with E-state index in [0.29, 0.717) is 0 Å². The van der Waals surface area contributed by atoms with E-state index in [4.69, 9.17) is 4.42 Å². The second-order valence-corrected chi connectivity index (χ2v) is 15.5. The van der Waals surface area contributed by atoms with Crippen LogP contribution in [0.1, 0.15) is 0 Å². The van der Waals surface area contributed by atoms with E-state index in [0.717, 1.165) is 44.6 Å². The van der Waals surface area contributed by atoms with Gasteiger partial charge in [-0.25, -0.2) is 0 Å². The highest BCUT2D eigenvalue weighted by atomic mass is 32.1. The van der Waals surface area contributed by atoms with E-state index >= 15 is 0 Å². The Kier molecular flexibility index (Phi) is 8.04. The van der Waals surface area contributed by atoms with E-state index in [1.54, 1.807) is 0 Å². The van der Waals surface area contributed by atoms with Crippen LogP contribution < -0.4 is 4.90 Å². The van der Waals surface area contributed by atoms with Gasteiger partial charge in [-0.1, -0.05) is 164 Å². The fourth-order valence-corrected chi connectivity index (χ4v) is 9.62. The van der Waals surface area contributed by atoms with Crippen LogP contribution in [0.15, 0.2) is 217 Å². The highest BCUT2D eigenvalue weighted by Crippen LogP contribution is 2.47. The zero-order valence-corrected chi connectivity index (χ0v) is 31.8. The monoisotopic (exact) mass is 745 g/mol. The molecule has 11 rings (SSSR count). The van der Waals surface area contributed by atoms with Crippen LogP contribution in [0, 0.1) is 0 Å². The predicted octanol–water partition coefficient (Wildman–Crippen LogP) is 16.1. The first-order valence-electron chi connectivity index (χ1n) is 19.3. The molecule has 9 aromatic carbocycles. The SMILES string of the molecule is c1ccc(-c2ccccc2-c2ccc(N(c3ccc(-c4ccccc4)c(-c4cccc5sc6ccccc6c45)c3)c3cccc4c3oc3ccccc34)cc2)cc1. The van der Waals surface area contributed by atoms with Gasteiger partial charge in [-0.15, -0.1) is 11.3 Å². The molecule has 2 nitrogen and oxygen atoms in total. The summed E-state index contributed by atoms with van der Waals surface area (Å²) in [6.07, 6.45) is 0. The minimum absolute atomic E-state index is 0.858. The number of para-hydroxylation sites is 2. The second-order valence-electron chi connectivity index (χ2n) is 14.4. The van der Waals surface area contributed by atoms with Crippen molar-refractivity contribution in [3.05, 3.63) is 212 Å². The van der Waals surface area contributed by atoms with Gasteiger partial charge in [0.2, 0.25) is 0 Å². The summed E-state index contributed by atoms with van der Waals surface area (Å²) < 4.78 is 9.31. The van der Waals surface area contributed by atoms with Crippen LogP contribution in [-0.2, 0) is 0 Å². The molecular formula is C54H35NOS. The standard InChI is InChI=1S/C54H35NOS/c1-3-15-36(16-4-1)41-19-7-8-20-42(41)38-29-31-39(32-30-38)55(49-25-13-24-46-44-21-9-11-26-50(44)56-54(46)49)40-33-34-43(37-17-5-2-6-18-37)48(35-40)45-23-14-28-52-53(45)47-22-10-12-27-51(47)57-52/h1-35H. The topological polar surface area (TPSA) is 16.4 Å². The molecule has 268 valence electrons. The number of benzene rings is 9. The molecule has 0 radical (unpaired) electrons. The van der Waals surface area contributed by atoms with Gasteiger partial charge in [0, 0.05) is 42.3 Å². The fraction of sp³-hybridized carbons (Fsp3) is 0. The molecule has 57 heavy (non-hydrogen) atoms. The van der Waals surface area contributed by atoms with Gasteiger partial charge in [0.25, 0.3) is 0 Å². The van der Waals surface area contributed by atoms with Crippen LogP contribution in [0.5, 0.6) is 0 Å². The molecule has 0 spiro atoms. The quantitative estimate of drug-likeness (QED) is 0.162. The molecule has 0 aliphatic carbocycles. The minimum Gasteiger partial charge on any atom is -0.454 e. The van der Waals surface area contributed by atoms with Gasteiger partial charge < -0.3 is 9.32 Å². The van der Waals surface area contributed by atoms with Crippen molar-refractivity contribution in [2.75, 3.05) is 4.90 Å². The Hall–Kier alpha value is -7.20. The second kappa shape index (κ2) is 13.8. The molecule has 0 aliphatic rings. The average molecular weight is 746 g/mol. The molecule has 0 aliphatic heterocycles. The van der Waals surface area contributed by atoms with Crippen LogP contribution in [0.2, 0.25) is 0 Å². The molecular weight excluding hydrogens is 711 g/mol. The van der Waals surface area contributed by atoms with E-state index < -0.39 is 0 Å². The van der Waals surface area contributed by atoms with Crippen molar-refractivity contribution >= 4 is 70.5 Å². The van der Waals surface area contributed by atoms with Crippen molar-refractivity contribution in [2.24, 2.45) is 0 Å². The average Bonchev–Trinajstić information content (AvgIpc) is 3.87. The summed E-state index contributed by atoms with van der Waals surface area (Å²) in [5.41, 5.74) is 14.4. The van der Waals surface area contributed by atoms with Crippen LogP contribution >= 0.6 is 11.3 Å². The van der Waals surface area contributed by atoms with Gasteiger partial charge in [-0.3, -0.25) is 0 Å². The third-order valence-corrected chi connectivity index (χ3v) is 12.2. The molecule has 11 aromatic rings. The largest absolute Gasteiger partial charge is 0.454 e. The Bertz CT molecular complexity index is 3230. The lowest BCUT2D eigenvalue weighted by molar-refractivity contribution is 0.669. The zero-order valence-electron chi connectivity index (χ0n) is 31.0. The van der Waals surface area contributed by atoms with Crippen molar-refractivity contribution in [1.82, 2.24) is 0 Å². The summed E-state index contributed by atoms with van der Waals surface area (Å²) in [5.74, 6) is 0. The first-order valence-corrected chi connectivity index (χ1v) is 20.2. The Morgan fingerprint density at radius 2 is 0.895 bits per heavy atom. The number of fused-ring (bicyclic) bond motifs is 6. The molecule has 0 amide bonds. The molecule has 0 bridgehead atoms. The molecule has 3 heteroatoms. The van der Waals surface area contributed by atoms with Gasteiger partial charge in [0.1, 0.15) is 5.58 Å². The molecule has 0 unspecified atom stereocenters. The normalized spacial score (nSPS) is 11.5. The first-order chi connectivity index (χ1) is 28.3. The van der Waals surface area contributed by atoms with E-state index in [9.17, 15) is 0 Å². The van der Waals surface area contributed by atoms with Gasteiger partial charge >= 0.3 is 0 Å². The van der Waals surface area contributed by atoms with E-state index in [-0.39, 0.29) is 0 Å². The summed E-state index contributed by atoms with van der Waals surface area (Å²) in [7, 11) is 0. The third kappa shape index (κ3) is 5.71. The van der Waals surface area contributed by atoms with Gasteiger partial charge in [-0.05, 0) is 93.0 Å². The zero-order chi connectivity index (χ0) is 37.7. The van der Waals surface area contributed by atoms with Crippen LogP contribution in [0.25, 0.3) is 86.6 Å². The van der Waals surface area contributed by atoms with Crippen molar-refractivity contribution < 1.29 is 4.42 Å². The summed E-state index contributed by atoms with van der Waals surface area (Å²) in [5, 5.41) is 4.78. The maximum atomic E-state index is 6.73. The Labute approximate surface area is 335 Å². The number of anilines is 3. The molecule has 0 saturated heterocycles. The number of rotatable bonds is 7. The predicted molar refractivity (Wildman–Crippen MR) is 243 cm³/mol. The minimum atomic E-state index is 0.858.